The Morgan fingerprint density at radius 1 is 0.897 bits per heavy atom. The number of piperidine rings is 1. The van der Waals surface area contributed by atoms with Gasteiger partial charge < -0.3 is 20.3 Å². The molecule has 160 valence electrons. The Kier molecular flexibility index (Phi) is 8.16. The second-order valence-corrected chi connectivity index (χ2v) is 8.81. The summed E-state index contributed by atoms with van der Waals surface area (Å²) in [4.78, 5) is 26.3. The molecule has 6 nitrogen and oxygen atoms in total. The third-order valence-electron chi connectivity index (χ3n) is 5.45. The number of carbonyl (C=O) groups is 2. The predicted molar refractivity (Wildman–Crippen MR) is 115 cm³/mol. The van der Waals surface area contributed by atoms with Gasteiger partial charge in [-0.1, -0.05) is 54.1 Å². The van der Waals surface area contributed by atoms with Crippen molar-refractivity contribution >= 4 is 46.7 Å². The summed E-state index contributed by atoms with van der Waals surface area (Å²) in [6.07, 6.45) is 7.18. The Morgan fingerprint density at radius 3 is 2.14 bits per heavy atom. The van der Waals surface area contributed by atoms with Gasteiger partial charge in [0, 0.05) is 31.2 Å². The molecule has 0 aromatic heterocycles. The quantitative estimate of drug-likeness (QED) is 0.626. The monoisotopic (exact) mass is 461 g/mol. The minimum absolute atomic E-state index is 0.0769. The van der Waals surface area contributed by atoms with Crippen LogP contribution in [0.15, 0.2) is 12.1 Å². The lowest BCUT2D eigenvalue weighted by Crippen LogP contribution is -2.51. The maximum absolute atomic E-state index is 12.4. The average molecular weight is 463 g/mol. The van der Waals surface area contributed by atoms with Crippen molar-refractivity contribution in [3.8, 4) is 5.75 Å². The number of ether oxygens (including phenoxy) is 1. The topological polar surface area (TPSA) is 70.7 Å². The Hall–Kier alpha value is -1.37. The highest BCUT2D eigenvalue weighted by Crippen LogP contribution is 2.33. The van der Waals surface area contributed by atoms with Crippen LogP contribution in [0.25, 0.3) is 0 Å². The first-order valence-electron chi connectivity index (χ1n) is 10.0. The molecule has 2 aliphatic rings. The van der Waals surface area contributed by atoms with Gasteiger partial charge in [-0.2, -0.15) is 0 Å². The first-order chi connectivity index (χ1) is 13.9. The predicted octanol–water partition coefficient (Wildman–Crippen LogP) is 4.65. The number of nitrogens with one attached hydrogen (secondary N) is 2. The van der Waals surface area contributed by atoms with Crippen LogP contribution in [0.3, 0.4) is 0 Å². The summed E-state index contributed by atoms with van der Waals surface area (Å²) in [7, 11) is 0. The van der Waals surface area contributed by atoms with Crippen LogP contribution < -0.4 is 15.4 Å². The van der Waals surface area contributed by atoms with Gasteiger partial charge in [0.2, 0.25) is 0 Å². The zero-order valence-corrected chi connectivity index (χ0v) is 18.5. The molecule has 0 bridgehead atoms. The third-order valence-corrected chi connectivity index (χ3v) is 6.47. The van der Waals surface area contributed by atoms with E-state index in [0.717, 1.165) is 25.7 Å². The van der Waals surface area contributed by atoms with Crippen LogP contribution >= 0.6 is 34.8 Å². The molecular formula is C20H26Cl3N3O3. The molecule has 9 heteroatoms. The summed E-state index contributed by atoms with van der Waals surface area (Å²) in [5.74, 6) is 0.197. The summed E-state index contributed by atoms with van der Waals surface area (Å²) in [5, 5.41) is 7.06. The lowest BCUT2D eigenvalue weighted by Gasteiger charge is -2.33. The summed E-state index contributed by atoms with van der Waals surface area (Å²) in [5.41, 5.74) is 0. The van der Waals surface area contributed by atoms with Crippen LogP contribution in [0.4, 0.5) is 4.79 Å². The second-order valence-electron chi connectivity index (χ2n) is 7.59. The van der Waals surface area contributed by atoms with Crippen LogP contribution in [-0.2, 0) is 4.79 Å². The van der Waals surface area contributed by atoms with E-state index in [0.29, 0.717) is 33.9 Å². The minimum atomic E-state index is -0.128. The number of hydrogen-bond acceptors (Lipinski definition) is 3. The number of hydrogen-bond donors (Lipinski definition) is 2. The van der Waals surface area contributed by atoms with E-state index in [9.17, 15) is 9.59 Å². The lowest BCUT2D eigenvalue weighted by atomic mass is 9.96. The molecule has 1 aromatic rings. The molecule has 1 aliphatic heterocycles. The molecule has 3 rings (SSSR count). The van der Waals surface area contributed by atoms with Crippen LogP contribution in [0.2, 0.25) is 15.1 Å². The van der Waals surface area contributed by atoms with Gasteiger partial charge in [0.05, 0.1) is 15.1 Å². The van der Waals surface area contributed by atoms with Crippen molar-refractivity contribution in [1.29, 1.82) is 0 Å². The first-order valence-corrected chi connectivity index (χ1v) is 11.2. The normalized spacial score (nSPS) is 18.4. The van der Waals surface area contributed by atoms with Crippen molar-refractivity contribution in [3.05, 3.63) is 27.2 Å². The van der Waals surface area contributed by atoms with E-state index in [-0.39, 0.29) is 30.6 Å². The molecule has 0 atom stereocenters. The average Bonchev–Trinajstić information content (AvgIpc) is 2.70. The molecule has 2 N–H and O–H groups in total. The number of halogens is 3. The molecule has 1 saturated heterocycles. The fourth-order valence-corrected chi connectivity index (χ4v) is 4.37. The van der Waals surface area contributed by atoms with Gasteiger partial charge in [-0.15, -0.1) is 0 Å². The molecule has 1 aliphatic carbocycles. The van der Waals surface area contributed by atoms with Crippen LogP contribution in [-0.4, -0.2) is 48.6 Å². The van der Waals surface area contributed by atoms with Crippen LogP contribution in [0.1, 0.15) is 44.9 Å². The van der Waals surface area contributed by atoms with Crippen molar-refractivity contribution in [3.63, 3.8) is 0 Å². The molecule has 0 spiro atoms. The largest absolute Gasteiger partial charge is 0.482 e. The summed E-state index contributed by atoms with van der Waals surface area (Å²) < 4.78 is 5.52. The maximum Gasteiger partial charge on any atom is 0.315 e. The smallest absolute Gasteiger partial charge is 0.315 e. The van der Waals surface area contributed by atoms with E-state index in [1.807, 2.05) is 0 Å². The molecule has 1 heterocycles. The number of urea groups is 1. The molecule has 1 saturated carbocycles. The molecule has 3 amide bonds. The minimum Gasteiger partial charge on any atom is -0.482 e. The van der Waals surface area contributed by atoms with Gasteiger partial charge >= 0.3 is 6.03 Å². The summed E-state index contributed by atoms with van der Waals surface area (Å²) >= 11 is 17.9. The van der Waals surface area contributed by atoms with Crippen LogP contribution in [0.5, 0.6) is 5.75 Å². The first kappa shape index (κ1) is 22.3. The van der Waals surface area contributed by atoms with Crippen molar-refractivity contribution in [2.75, 3.05) is 19.7 Å². The fraction of sp³-hybridized carbons (Fsp3) is 0.600. The van der Waals surface area contributed by atoms with Gasteiger partial charge in [-0.05, 0) is 31.7 Å². The Bertz CT molecular complexity index is 733. The van der Waals surface area contributed by atoms with E-state index in [1.54, 1.807) is 4.90 Å². The van der Waals surface area contributed by atoms with Gasteiger partial charge in [-0.3, -0.25) is 4.79 Å². The Labute approximate surface area is 186 Å². The van der Waals surface area contributed by atoms with E-state index in [1.165, 1.54) is 31.4 Å². The number of rotatable bonds is 5. The highest BCUT2D eigenvalue weighted by atomic mass is 35.5. The van der Waals surface area contributed by atoms with Gasteiger partial charge in [0.15, 0.2) is 6.61 Å². The van der Waals surface area contributed by atoms with Gasteiger partial charge in [0.1, 0.15) is 5.75 Å². The number of amides is 3. The van der Waals surface area contributed by atoms with Crippen molar-refractivity contribution in [2.24, 2.45) is 0 Å². The van der Waals surface area contributed by atoms with E-state index in [2.05, 4.69) is 10.6 Å². The fourth-order valence-electron chi connectivity index (χ4n) is 3.78. The molecule has 29 heavy (non-hydrogen) atoms. The standard InChI is InChI=1S/C20H26Cl3N3O3/c21-15-10-17(23)18(11-16(15)22)29-12-19(27)26-8-6-14(7-9-26)25-20(28)24-13-4-2-1-3-5-13/h10-11,13-14H,1-9,12H2,(H2,24,25,28). The van der Waals surface area contributed by atoms with Gasteiger partial charge in [0.25, 0.3) is 5.91 Å². The highest BCUT2D eigenvalue weighted by Gasteiger charge is 2.25. The van der Waals surface area contributed by atoms with Crippen molar-refractivity contribution < 1.29 is 14.3 Å². The maximum atomic E-state index is 12.4. The number of benzene rings is 1. The van der Waals surface area contributed by atoms with Crippen LogP contribution in [0, 0.1) is 0 Å². The Morgan fingerprint density at radius 2 is 1.48 bits per heavy atom. The highest BCUT2D eigenvalue weighted by molar-refractivity contribution is 6.43. The zero-order chi connectivity index (χ0) is 20.8. The molecular weight excluding hydrogens is 437 g/mol. The Balaban J connectivity index is 1.39. The van der Waals surface area contributed by atoms with E-state index in [4.69, 9.17) is 39.5 Å². The molecule has 2 fully saturated rings. The number of likely N-dealkylation sites (tertiary alicyclic amines) is 1. The third kappa shape index (κ3) is 6.56. The molecule has 0 radical (unpaired) electrons. The number of nitrogens with zero attached hydrogens (tertiary/aromatic N) is 1. The zero-order valence-electron chi connectivity index (χ0n) is 16.2. The second kappa shape index (κ2) is 10.6. The van der Waals surface area contributed by atoms with Crippen molar-refractivity contribution in [2.45, 2.75) is 57.0 Å². The summed E-state index contributed by atoms with van der Waals surface area (Å²) in [6.45, 7) is 1.02. The lowest BCUT2D eigenvalue weighted by molar-refractivity contribution is -0.134. The molecule has 1 aromatic carbocycles. The molecule has 0 unspecified atom stereocenters. The van der Waals surface area contributed by atoms with Crippen molar-refractivity contribution in [1.82, 2.24) is 15.5 Å². The van der Waals surface area contributed by atoms with E-state index < -0.39 is 0 Å². The summed E-state index contributed by atoms with van der Waals surface area (Å²) in [6, 6.07) is 3.25. The number of carbonyl (C=O) groups excluding carboxylic acids is 2. The van der Waals surface area contributed by atoms with Gasteiger partial charge in [-0.25, -0.2) is 4.79 Å². The SMILES string of the molecule is O=C(NC1CCCCC1)NC1CCN(C(=O)COc2cc(Cl)c(Cl)cc2Cl)CC1. The van der Waals surface area contributed by atoms with E-state index >= 15 is 0 Å².